The molecule has 78 valence electrons. The van der Waals surface area contributed by atoms with E-state index >= 15 is 0 Å². The third-order valence-corrected chi connectivity index (χ3v) is 2.99. The van der Waals surface area contributed by atoms with Crippen molar-refractivity contribution in [2.45, 2.75) is 0 Å². The number of hydrogen-bond acceptors (Lipinski definition) is 5. The van der Waals surface area contributed by atoms with E-state index in [4.69, 9.17) is 10.8 Å². The minimum Gasteiger partial charge on any atom is -0.478 e. The molecule has 2 heterocycles. The fraction of sp³-hybridized carbons (Fsp3) is 0.222. The van der Waals surface area contributed by atoms with Gasteiger partial charge in [0.1, 0.15) is 10.9 Å². The van der Waals surface area contributed by atoms with E-state index in [1.807, 2.05) is 0 Å². The van der Waals surface area contributed by atoms with E-state index in [-0.39, 0.29) is 5.56 Å². The molecule has 1 aromatic rings. The van der Waals surface area contributed by atoms with E-state index in [0.717, 1.165) is 17.3 Å². The first-order valence-electron chi connectivity index (χ1n) is 4.35. The van der Waals surface area contributed by atoms with Crippen LogP contribution in [0.4, 0.5) is 5.82 Å². The molecule has 1 aliphatic rings. The van der Waals surface area contributed by atoms with Gasteiger partial charge in [0.25, 0.3) is 0 Å². The van der Waals surface area contributed by atoms with Crippen molar-refractivity contribution in [3.8, 4) is 0 Å². The van der Waals surface area contributed by atoms with Gasteiger partial charge in [0.15, 0.2) is 0 Å². The first-order valence-corrected chi connectivity index (χ1v) is 5.33. The summed E-state index contributed by atoms with van der Waals surface area (Å²) in [7, 11) is 0. The van der Waals surface area contributed by atoms with Gasteiger partial charge in [-0.3, -0.25) is 4.99 Å². The lowest BCUT2D eigenvalue weighted by atomic mass is 10.2. The number of nitrogens with zero attached hydrogens (tertiary/aromatic N) is 2. The van der Waals surface area contributed by atoms with Crippen LogP contribution in [0.3, 0.4) is 0 Å². The van der Waals surface area contributed by atoms with Gasteiger partial charge in [-0.1, -0.05) is 0 Å². The summed E-state index contributed by atoms with van der Waals surface area (Å²) >= 11 is 1.57. The van der Waals surface area contributed by atoms with Crippen molar-refractivity contribution in [1.82, 2.24) is 4.98 Å². The van der Waals surface area contributed by atoms with E-state index < -0.39 is 5.97 Å². The normalized spacial score (nSPS) is 15.1. The predicted molar refractivity (Wildman–Crippen MR) is 59.5 cm³/mol. The SMILES string of the molecule is Nc1ncc(C(=O)O)cc1C1=NCCS1. The van der Waals surface area contributed by atoms with Crippen molar-refractivity contribution < 1.29 is 9.90 Å². The van der Waals surface area contributed by atoms with Gasteiger partial charge in [0.2, 0.25) is 0 Å². The van der Waals surface area contributed by atoms with Crippen molar-refractivity contribution in [2.24, 2.45) is 4.99 Å². The molecule has 0 fully saturated rings. The smallest absolute Gasteiger partial charge is 0.337 e. The number of carbonyl (C=O) groups is 1. The van der Waals surface area contributed by atoms with Gasteiger partial charge in [-0.05, 0) is 6.07 Å². The molecule has 3 N–H and O–H groups in total. The largest absolute Gasteiger partial charge is 0.478 e. The van der Waals surface area contributed by atoms with Crippen molar-refractivity contribution in [1.29, 1.82) is 0 Å². The Balaban J connectivity index is 2.45. The first kappa shape index (κ1) is 9.97. The molecule has 0 aromatic carbocycles. The molecule has 1 aromatic heterocycles. The molecule has 15 heavy (non-hydrogen) atoms. The fourth-order valence-corrected chi connectivity index (χ4v) is 2.14. The topological polar surface area (TPSA) is 88.6 Å². The highest BCUT2D eigenvalue weighted by molar-refractivity contribution is 8.14. The van der Waals surface area contributed by atoms with Crippen LogP contribution in [0.5, 0.6) is 0 Å². The summed E-state index contributed by atoms with van der Waals surface area (Å²) in [5, 5.41) is 9.60. The molecule has 0 unspecified atom stereocenters. The Kier molecular flexibility index (Phi) is 2.59. The molecule has 6 heteroatoms. The molecule has 0 radical (unpaired) electrons. The van der Waals surface area contributed by atoms with Crippen molar-refractivity contribution >= 4 is 28.6 Å². The Bertz CT molecular complexity index is 445. The molecular formula is C9H9N3O2S. The average Bonchev–Trinajstić information content (AvgIpc) is 2.71. The number of nitrogens with two attached hydrogens (primary N) is 1. The molecule has 1 aliphatic heterocycles. The maximum Gasteiger partial charge on any atom is 0.337 e. The number of hydrogen-bond donors (Lipinski definition) is 2. The number of aliphatic imine (C=N–C) groups is 1. The third-order valence-electron chi connectivity index (χ3n) is 1.98. The quantitative estimate of drug-likeness (QED) is 0.776. The Morgan fingerprint density at radius 2 is 2.40 bits per heavy atom. The van der Waals surface area contributed by atoms with Crippen LogP contribution >= 0.6 is 11.8 Å². The highest BCUT2D eigenvalue weighted by Crippen LogP contribution is 2.23. The molecule has 0 saturated carbocycles. The van der Waals surface area contributed by atoms with Gasteiger partial charge in [-0.2, -0.15) is 0 Å². The van der Waals surface area contributed by atoms with Gasteiger partial charge < -0.3 is 10.8 Å². The monoisotopic (exact) mass is 223 g/mol. The highest BCUT2D eigenvalue weighted by Gasteiger charge is 2.15. The van der Waals surface area contributed by atoms with Crippen LogP contribution in [-0.4, -0.2) is 33.4 Å². The zero-order valence-electron chi connectivity index (χ0n) is 7.80. The number of aromatic carboxylic acids is 1. The summed E-state index contributed by atoms with van der Waals surface area (Å²) in [4.78, 5) is 18.8. The van der Waals surface area contributed by atoms with Crippen LogP contribution in [0.1, 0.15) is 15.9 Å². The lowest BCUT2D eigenvalue weighted by Gasteiger charge is -2.04. The van der Waals surface area contributed by atoms with Crippen LogP contribution in [0.15, 0.2) is 17.3 Å². The van der Waals surface area contributed by atoms with Gasteiger partial charge in [-0.15, -0.1) is 11.8 Å². The van der Waals surface area contributed by atoms with E-state index in [9.17, 15) is 4.79 Å². The predicted octanol–water partition coefficient (Wildman–Crippen LogP) is 0.855. The molecular weight excluding hydrogens is 214 g/mol. The third kappa shape index (κ3) is 1.94. The lowest BCUT2D eigenvalue weighted by molar-refractivity contribution is 0.0696. The molecule has 0 aliphatic carbocycles. The minimum atomic E-state index is -1.01. The molecule has 2 rings (SSSR count). The Hall–Kier alpha value is -1.56. The Labute approximate surface area is 90.4 Å². The Morgan fingerprint density at radius 3 is 3.00 bits per heavy atom. The molecule has 0 saturated heterocycles. The van der Waals surface area contributed by atoms with Crippen LogP contribution in [-0.2, 0) is 0 Å². The van der Waals surface area contributed by atoms with Crippen molar-refractivity contribution in [3.63, 3.8) is 0 Å². The standard InChI is InChI=1S/C9H9N3O2S/c10-7-6(8-11-1-2-15-8)3-5(4-12-7)9(13)14/h3-4H,1-2H2,(H2,10,12)(H,13,14). The molecule has 0 atom stereocenters. The molecule has 0 bridgehead atoms. The summed E-state index contributed by atoms with van der Waals surface area (Å²) in [6, 6.07) is 1.52. The van der Waals surface area contributed by atoms with Crippen LogP contribution in [0.2, 0.25) is 0 Å². The van der Waals surface area contributed by atoms with Crippen molar-refractivity contribution in [2.75, 3.05) is 18.0 Å². The molecule has 0 spiro atoms. The zero-order valence-corrected chi connectivity index (χ0v) is 8.62. The van der Waals surface area contributed by atoms with Crippen LogP contribution < -0.4 is 5.73 Å². The minimum absolute atomic E-state index is 0.134. The maximum absolute atomic E-state index is 10.8. The number of pyridine rings is 1. The summed E-state index contributed by atoms with van der Waals surface area (Å²) in [6.45, 7) is 0.747. The first-order chi connectivity index (χ1) is 7.18. The second kappa shape index (κ2) is 3.90. The zero-order chi connectivity index (χ0) is 10.8. The van der Waals surface area contributed by atoms with Crippen molar-refractivity contribution in [3.05, 3.63) is 23.4 Å². The second-order valence-corrected chi connectivity index (χ2v) is 4.08. The molecule has 5 nitrogen and oxygen atoms in total. The summed E-state index contributed by atoms with van der Waals surface area (Å²) in [5.41, 5.74) is 6.43. The van der Waals surface area contributed by atoms with Crippen LogP contribution in [0.25, 0.3) is 0 Å². The summed E-state index contributed by atoms with van der Waals surface area (Å²) in [5.74, 6) is 0.229. The van der Waals surface area contributed by atoms with E-state index in [1.165, 1.54) is 12.3 Å². The number of anilines is 1. The number of carboxylic acids is 1. The van der Waals surface area contributed by atoms with Gasteiger partial charge >= 0.3 is 5.97 Å². The van der Waals surface area contributed by atoms with E-state index in [1.54, 1.807) is 11.8 Å². The van der Waals surface area contributed by atoms with Gasteiger partial charge in [-0.25, -0.2) is 9.78 Å². The number of aromatic nitrogens is 1. The highest BCUT2D eigenvalue weighted by atomic mass is 32.2. The van der Waals surface area contributed by atoms with E-state index in [2.05, 4.69) is 9.98 Å². The lowest BCUT2D eigenvalue weighted by Crippen LogP contribution is -2.06. The van der Waals surface area contributed by atoms with Gasteiger partial charge in [0.05, 0.1) is 5.56 Å². The number of nitrogen functional groups attached to an aromatic ring is 1. The second-order valence-electron chi connectivity index (χ2n) is 3.00. The summed E-state index contributed by atoms with van der Waals surface area (Å²) in [6.07, 6.45) is 1.25. The number of rotatable bonds is 2. The van der Waals surface area contributed by atoms with E-state index in [0.29, 0.717) is 11.4 Å². The number of carboxylic acid groups (broad SMARTS) is 1. The average molecular weight is 223 g/mol. The number of thioether (sulfide) groups is 1. The van der Waals surface area contributed by atoms with Gasteiger partial charge in [0, 0.05) is 24.1 Å². The summed E-state index contributed by atoms with van der Waals surface area (Å²) < 4.78 is 0. The van der Waals surface area contributed by atoms with Crippen LogP contribution in [0, 0.1) is 0 Å². The fourth-order valence-electron chi connectivity index (χ4n) is 1.26. The maximum atomic E-state index is 10.8. The molecule has 0 amide bonds. The Morgan fingerprint density at radius 1 is 1.60 bits per heavy atom.